The normalized spacial score (nSPS) is 10.6. The van der Waals surface area contributed by atoms with Crippen LogP contribution in [0.15, 0.2) is 48.7 Å². The van der Waals surface area contributed by atoms with Crippen molar-refractivity contribution in [3.8, 4) is 5.75 Å². The van der Waals surface area contributed by atoms with Gasteiger partial charge in [-0.1, -0.05) is 6.07 Å². The van der Waals surface area contributed by atoms with E-state index in [1.807, 2.05) is 32.0 Å². The standard InChI is InChI=1S/C19H17F2N3O2/c1-12-3-5-15(9-13(12)2)22-19(25)17-7-8-24(23-17)11-26-18-6-4-14(20)10-16(18)21/h3-10H,11H2,1-2H3,(H,22,25). The summed E-state index contributed by atoms with van der Waals surface area (Å²) in [6.07, 6.45) is 1.54. The lowest BCUT2D eigenvalue weighted by Gasteiger charge is -2.07. The van der Waals surface area contributed by atoms with E-state index in [9.17, 15) is 13.6 Å². The van der Waals surface area contributed by atoms with Gasteiger partial charge in [0, 0.05) is 18.0 Å². The van der Waals surface area contributed by atoms with E-state index in [1.165, 1.54) is 23.0 Å². The predicted molar refractivity (Wildman–Crippen MR) is 93.1 cm³/mol. The molecule has 0 saturated carbocycles. The van der Waals surface area contributed by atoms with Crippen molar-refractivity contribution in [2.24, 2.45) is 0 Å². The second-order valence-electron chi connectivity index (χ2n) is 5.84. The average molecular weight is 357 g/mol. The van der Waals surface area contributed by atoms with Crippen molar-refractivity contribution >= 4 is 11.6 Å². The highest BCUT2D eigenvalue weighted by molar-refractivity contribution is 6.02. The quantitative estimate of drug-likeness (QED) is 0.749. The van der Waals surface area contributed by atoms with Crippen molar-refractivity contribution in [3.05, 3.63) is 77.1 Å². The van der Waals surface area contributed by atoms with Gasteiger partial charge in [-0.15, -0.1) is 0 Å². The summed E-state index contributed by atoms with van der Waals surface area (Å²) >= 11 is 0. The van der Waals surface area contributed by atoms with Crippen molar-refractivity contribution in [1.82, 2.24) is 9.78 Å². The van der Waals surface area contributed by atoms with E-state index < -0.39 is 11.6 Å². The van der Waals surface area contributed by atoms with Crippen LogP contribution in [-0.4, -0.2) is 15.7 Å². The lowest BCUT2D eigenvalue weighted by Crippen LogP contribution is -2.14. The second-order valence-corrected chi connectivity index (χ2v) is 5.84. The summed E-state index contributed by atoms with van der Waals surface area (Å²) in [5.74, 6) is -1.94. The van der Waals surface area contributed by atoms with Crippen LogP contribution in [0.3, 0.4) is 0 Å². The first-order valence-electron chi connectivity index (χ1n) is 7.92. The number of aromatic nitrogens is 2. The number of amides is 1. The van der Waals surface area contributed by atoms with Gasteiger partial charge in [-0.05, 0) is 55.3 Å². The van der Waals surface area contributed by atoms with Gasteiger partial charge in [0.05, 0.1) is 0 Å². The van der Waals surface area contributed by atoms with Crippen LogP contribution >= 0.6 is 0 Å². The first kappa shape index (κ1) is 17.6. The van der Waals surface area contributed by atoms with E-state index in [-0.39, 0.29) is 24.1 Å². The predicted octanol–water partition coefficient (Wildman–Crippen LogP) is 4.07. The summed E-state index contributed by atoms with van der Waals surface area (Å²) < 4.78 is 33.0. The Morgan fingerprint density at radius 2 is 1.92 bits per heavy atom. The highest BCUT2D eigenvalue weighted by Gasteiger charge is 2.11. The Bertz CT molecular complexity index is 954. The summed E-state index contributed by atoms with van der Waals surface area (Å²) in [6.45, 7) is 3.84. The van der Waals surface area contributed by atoms with Gasteiger partial charge >= 0.3 is 0 Å². The largest absolute Gasteiger partial charge is 0.468 e. The number of rotatable bonds is 5. The van der Waals surface area contributed by atoms with Crippen molar-refractivity contribution < 1.29 is 18.3 Å². The summed E-state index contributed by atoms with van der Waals surface area (Å²) in [5, 5.41) is 6.86. The van der Waals surface area contributed by atoms with Crippen molar-refractivity contribution in [1.29, 1.82) is 0 Å². The molecule has 26 heavy (non-hydrogen) atoms. The third kappa shape index (κ3) is 4.05. The highest BCUT2D eigenvalue weighted by atomic mass is 19.1. The molecule has 0 spiro atoms. The molecule has 0 bridgehead atoms. The number of carbonyl (C=O) groups is 1. The maximum atomic E-state index is 13.5. The van der Waals surface area contributed by atoms with E-state index in [0.717, 1.165) is 23.3 Å². The molecule has 0 unspecified atom stereocenters. The molecule has 7 heteroatoms. The topological polar surface area (TPSA) is 56.2 Å². The first-order chi connectivity index (χ1) is 12.4. The third-order valence-electron chi connectivity index (χ3n) is 3.88. The molecule has 0 radical (unpaired) electrons. The van der Waals surface area contributed by atoms with Crippen LogP contribution in [0.5, 0.6) is 5.75 Å². The molecule has 0 atom stereocenters. The van der Waals surface area contributed by atoms with Crippen molar-refractivity contribution in [2.45, 2.75) is 20.6 Å². The van der Waals surface area contributed by atoms with E-state index in [4.69, 9.17) is 4.74 Å². The fourth-order valence-electron chi connectivity index (χ4n) is 2.30. The van der Waals surface area contributed by atoms with Gasteiger partial charge in [0.1, 0.15) is 5.82 Å². The summed E-state index contributed by atoms with van der Waals surface area (Å²) in [4.78, 5) is 12.3. The van der Waals surface area contributed by atoms with E-state index in [2.05, 4.69) is 10.4 Å². The third-order valence-corrected chi connectivity index (χ3v) is 3.88. The Kier molecular flexibility index (Phi) is 4.97. The average Bonchev–Trinajstić information content (AvgIpc) is 3.06. The molecule has 3 aromatic rings. The monoisotopic (exact) mass is 357 g/mol. The minimum Gasteiger partial charge on any atom is -0.468 e. The Morgan fingerprint density at radius 3 is 2.65 bits per heavy atom. The molecule has 0 aliphatic heterocycles. The van der Waals surface area contributed by atoms with Gasteiger partial charge in [0.2, 0.25) is 0 Å². The maximum Gasteiger partial charge on any atom is 0.276 e. The lowest BCUT2D eigenvalue weighted by atomic mass is 10.1. The van der Waals surface area contributed by atoms with E-state index in [1.54, 1.807) is 0 Å². The molecule has 3 rings (SSSR count). The highest BCUT2D eigenvalue weighted by Crippen LogP contribution is 2.18. The minimum absolute atomic E-state index is 0.0944. The number of ether oxygens (including phenoxy) is 1. The zero-order valence-corrected chi connectivity index (χ0v) is 14.3. The SMILES string of the molecule is Cc1ccc(NC(=O)c2ccn(COc3ccc(F)cc3F)n2)cc1C. The van der Waals surface area contributed by atoms with E-state index >= 15 is 0 Å². The number of anilines is 1. The van der Waals surface area contributed by atoms with E-state index in [0.29, 0.717) is 5.69 Å². The fraction of sp³-hybridized carbons (Fsp3) is 0.158. The number of aryl methyl sites for hydroxylation is 2. The molecule has 5 nitrogen and oxygen atoms in total. The smallest absolute Gasteiger partial charge is 0.276 e. The molecule has 1 aromatic heterocycles. The van der Waals surface area contributed by atoms with Gasteiger partial charge < -0.3 is 10.1 Å². The van der Waals surface area contributed by atoms with Crippen LogP contribution in [0.4, 0.5) is 14.5 Å². The van der Waals surface area contributed by atoms with Crippen LogP contribution in [0, 0.1) is 25.5 Å². The van der Waals surface area contributed by atoms with Crippen LogP contribution < -0.4 is 10.1 Å². The molecule has 0 aliphatic carbocycles. The van der Waals surface area contributed by atoms with Gasteiger partial charge in [-0.2, -0.15) is 5.10 Å². The number of halogens is 2. The molecule has 1 heterocycles. The molecule has 0 aliphatic rings. The second kappa shape index (κ2) is 7.35. The molecular formula is C19H17F2N3O2. The van der Waals surface area contributed by atoms with Gasteiger partial charge in [0.15, 0.2) is 24.0 Å². The number of hydrogen-bond acceptors (Lipinski definition) is 3. The summed E-state index contributed by atoms with van der Waals surface area (Å²) in [5.41, 5.74) is 3.09. The molecule has 0 fully saturated rings. The molecule has 1 amide bonds. The lowest BCUT2D eigenvalue weighted by molar-refractivity contribution is 0.102. The van der Waals surface area contributed by atoms with Crippen LogP contribution in [0.1, 0.15) is 21.6 Å². The first-order valence-corrected chi connectivity index (χ1v) is 7.92. The maximum absolute atomic E-state index is 13.5. The number of nitrogens with zero attached hydrogens (tertiary/aromatic N) is 2. The summed E-state index contributed by atoms with van der Waals surface area (Å²) in [7, 11) is 0. The minimum atomic E-state index is -0.801. The molecule has 0 saturated heterocycles. The zero-order valence-electron chi connectivity index (χ0n) is 14.3. The molecule has 1 N–H and O–H groups in total. The van der Waals surface area contributed by atoms with Crippen LogP contribution in [0.25, 0.3) is 0 Å². The summed E-state index contributed by atoms with van der Waals surface area (Å²) in [6, 6.07) is 10.2. The Morgan fingerprint density at radius 1 is 1.12 bits per heavy atom. The Balaban J connectivity index is 1.63. The Labute approximate surface area is 149 Å². The fourth-order valence-corrected chi connectivity index (χ4v) is 2.30. The number of benzene rings is 2. The van der Waals surface area contributed by atoms with Gasteiger partial charge in [-0.25, -0.2) is 13.5 Å². The van der Waals surface area contributed by atoms with Gasteiger partial charge in [-0.3, -0.25) is 4.79 Å². The van der Waals surface area contributed by atoms with Crippen molar-refractivity contribution in [3.63, 3.8) is 0 Å². The van der Waals surface area contributed by atoms with Gasteiger partial charge in [0.25, 0.3) is 5.91 Å². The molecular weight excluding hydrogens is 340 g/mol. The Hall–Kier alpha value is -3.22. The van der Waals surface area contributed by atoms with Crippen molar-refractivity contribution in [2.75, 3.05) is 5.32 Å². The zero-order chi connectivity index (χ0) is 18.7. The van der Waals surface area contributed by atoms with Crippen LogP contribution in [-0.2, 0) is 6.73 Å². The number of hydrogen-bond donors (Lipinski definition) is 1. The number of nitrogens with one attached hydrogen (secondary N) is 1. The molecule has 134 valence electrons. The molecule has 2 aromatic carbocycles. The number of carbonyl (C=O) groups excluding carboxylic acids is 1. The van der Waals surface area contributed by atoms with Crippen LogP contribution in [0.2, 0.25) is 0 Å².